The van der Waals surface area contributed by atoms with E-state index in [2.05, 4.69) is 33.0 Å². The van der Waals surface area contributed by atoms with Gasteiger partial charge in [0.05, 0.1) is 0 Å². The first-order chi connectivity index (χ1) is 7.83. The summed E-state index contributed by atoms with van der Waals surface area (Å²) in [5.41, 5.74) is 2.47. The van der Waals surface area contributed by atoms with Crippen molar-refractivity contribution in [1.82, 2.24) is 5.32 Å². The monoisotopic (exact) mass is 237 g/mol. The molecule has 2 heteroatoms. The summed E-state index contributed by atoms with van der Waals surface area (Å²) < 4.78 is 12.9. The van der Waals surface area contributed by atoms with Crippen LogP contribution in [0.2, 0.25) is 0 Å². The molecule has 0 aromatic heterocycles. The van der Waals surface area contributed by atoms with Crippen LogP contribution >= 0.6 is 0 Å². The molecule has 0 radical (unpaired) electrons. The van der Waals surface area contributed by atoms with Crippen molar-refractivity contribution < 1.29 is 4.39 Å². The average molecular weight is 237 g/mol. The first-order valence-corrected chi connectivity index (χ1v) is 6.28. The van der Waals surface area contributed by atoms with Crippen LogP contribution in [0.3, 0.4) is 0 Å². The van der Waals surface area contributed by atoms with Gasteiger partial charge in [-0.1, -0.05) is 33.8 Å². The number of hydrogen-bond donors (Lipinski definition) is 1. The normalized spacial score (nSPS) is 12.2. The van der Waals surface area contributed by atoms with Crippen molar-refractivity contribution in [1.29, 1.82) is 0 Å². The van der Waals surface area contributed by atoms with E-state index in [1.54, 1.807) is 6.07 Å². The zero-order chi connectivity index (χ0) is 13.1. The Morgan fingerprint density at radius 1 is 1.29 bits per heavy atom. The summed E-state index contributed by atoms with van der Waals surface area (Å²) in [6.45, 7) is 12.7. The molecule has 0 aliphatic heterocycles. The smallest absolute Gasteiger partial charge is 0.123 e. The van der Waals surface area contributed by atoms with Gasteiger partial charge in [-0.3, -0.25) is 0 Å². The van der Waals surface area contributed by atoms with E-state index in [1.807, 2.05) is 13.0 Å². The molecule has 0 bridgehead atoms. The van der Waals surface area contributed by atoms with Crippen molar-refractivity contribution in [2.45, 2.75) is 41.2 Å². The van der Waals surface area contributed by atoms with E-state index >= 15 is 0 Å². The molecule has 1 rings (SSSR count). The third kappa shape index (κ3) is 4.12. The molecule has 1 N–H and O–H groups in total. The Labute approximate surface area is 104 Å². The van der Waals surface area contributed by atoms with Crippen LogP contribution in [0.1, 0.15) is 38.8 Å². The fourth-order valence-corrected chi connectivity index (χ4v) is 1.58. The molecule has 0 saturated carbocycles. The molecule has 1 nitrogen and oxygen atoms in total. The first kappa shape index (κ1) is 14.2. The minimum atomic E-state index is -0.159. The maximum Gasteiger partial charge on any atom is 0.123 e. The number of halogens is 1. The maximum absolute atomic E-state index is 12.9. The third-order valence-corrected chi connectivity index (χ3v) is 3.76. The Balaban J connectivity index is 2.51. The minimum absolute atomic E-state index is 0.159. The topological polar surface area (TPSA) is 12.0 Å². The number of hydrogen-bond acceptors (Lipinski definition) is 1. The van der Waals surface area contributed by atoms with Crippen molar-refractivity contribution in [2.24, 2.45) is 11.3 Å². The van der Waals surface area contributed by atoms with Gasteiger partial charge in [-0.2, -0.15) is 0 Å². The van der Waals surface area contributed by atoms with Crippen molar-refractivity contribution in [3.05, 3.63) is 35.1 Å². The van der Waals surface area contributed by atoms with E-state index in [4.69, 9.17) is 0 Å². The molecule has 0 unspecified atom stereocenters. The van der Waals surface area contributed by atoms with Gasteiger partial charge in [-0.05, 0) is 41.5 Å². The van der Waals surface area contributed by atoms with Crippen molar-refractivity contribution in [3.8, 4) is 0 Å². The summed E-state index contributed by atoms with van der Waals surface area (Å²) >= 11 is 0. The van der Waals surface area contributed by atoms with Gasteiger partial charge in [0.15, 0.2) is 0 Å². The predicted molar refractivity (Wildman–Crippen MR) is 71.5 cm³/mol. The van der Waals surface area contributed by atoms with E-state index in [9.17, 15) is 4.39 Å². The molecule has 1 aromatic carbocycles. The van der Waals surface area contributed by atoms with Gasteiger partial charge in [0, 0.05) is 13.1 Å². The predicted octanol–water partition coefficient (Wildman–Crippen LogP) is 3.91. The molecule has 0 atom stereocenters. The van der Waals surface area contributed by atoms with Crippen LogP contribution in [0, 0.1) is 24.1 Å². The maximum atomic E-state index is 12.9. The van der Waals surface area contributed by atoms with E-state index < -0.39 is 0 Å². The van der Waals surface area contributed by atoms with Gasteiger partial charge in [0.25, 0.3) is 0 Å². The van der Waals surface area contributed by atoms with Crippen LogP contribution in [0.15, 0.2) is 18.2 Å². The van der Waals surface area contributed by atoms with Crippen molar-refractivity contribution in [3.63, 3.8) is 0 Å². The summed E-state index contributed by atoms with van der Waals surface area (Å²) in [5.74, 6) is 0.484. The second-order valence-corrected chi connectivity index (χ2v) is 5.82. The van der Waals surface area contributed by atoms with E-state index in [0.717, 1.165) is 18.7 Å². The highest BCUT2D eigenvalue weighted by atomic mass is 19.1. The SMILES string of the molecule is Cc1cc(F)ccc1CNCC(C)(C)C(C)C. The van der Waals surface area contributed by atoms with E-state index in [1.165, 1.54) is 11.6 Å². The van der Waals surface area contributed by atoms with Crippen molar-refractivity contribution >= 4 is 0 Å². The molecule has 96 valence electrons. The van der Waals surface area contributed by atoms with Gasteiger partial charge < -0.3 is 5.32 Å². The van der Waals surface area contributed by atoms with Crippen LogP contribution in [-0.4, -0.2) is 6.54 Å². The van der Waals surface area contributed by atoms with E-state index in [0.29, 0.717) is 5.92 Å². The molecule has 17 heavy (non-hydrogen) atoms. The third-order valence-electron chi connectivity index (χ3n) is 3.76. The number of aryl methyl sites for hydroxylation is 1. The molecular formula is C15H24FN. The molecule has 0 spiro atoms. The quantitative estimate of drug-likeness (QED) is 0.819. The lowest BCUT2D eigenvalue weighted by Crippen LogP contribution is -2.33. The number of benzene rings is 1. The molecule has 0 fully saturated rings. The van der Waals surface area contributed by atoms with Gasteiger partial charge in [0.2, 0.25) is 0 Å². The first-order valence-electron chi connectivity index (χ1n) is 6.28. The molecule has 0 aliphatic carbocycles. The van der Waals surface area contributed by atoms with Crippen LogP contribution in [-0.2, 0) is 6.54 Å². The molecule has 0 heterocycles. The Morgan fingerprint density at radius 2 is 1.94 bits per heavy atom. The zero-order valence-corrected chi connectivity index (χ0v) is 11.6. The summed E-state index contributed by atoms with van der Waals surface area (Å²) in [5, 5.41) is 3.46. The lowest BCUT2D eigenvalue weighted by molar-refractivity contribution is 0.238. The Morgan fingerprint density at radius 3 is 2.47 bits per heavy atom. The second-order valence-electron chi connectivity index (χ2n) is 5.82. The molecular weight excluding hydrogens is 213 g/mol. The minimum Gasteiger partial charge on any atom is -0.312 e. The summed E-state index contributed by atoms with van der Waals surface area (Å²) in [4.78, 5) is 0. The van der Waals surface area contributed by atoms with Gasteiger partial charge in [-0.25, -0.2) is 4.39 Å². The molecule has 0 aliphatic rings. The molecule has 0 saturated heterocycles. The fraction of sp³-hybridized carbons (Fsp3) is 0.600. The largest absolute Gasteiger partial charge is 0.312 e. The van der Waals surface area contributed by atoms with Gasteiger partial charge in [-0.15, -0.1) is 0 Å². The van der Waals surface area contributed by atoms with Crippen LogP contribution in [0.25, 0.3) is 0 Å². The van der Waals surface area contributed by atoms with Gasteiger partial charge >= 0.3 is 0 Å². The van der Waals surface area contributed by atoms with Gasteiger partial charge in [0.1, 0.15) is 5.82 Å². The number of nitrogens with one attached hydrogen (secondary N) is 1. The highest BCUT2D eigenvalue weighted by Gasteiger charge is 2.21. The summed E-state index contributed by atoms with van der Waals surface area (Å²) in [7, 11) is 0. The Kier molecular flexibility index (Phi) is 4.70. The zero-order valence-electron chi connectivity index (χ0n) is 11.6. The summed E-state index contributed by atoms with van der Waals surface area (Å²) in [6, 6.07) is 4.97. The molecule has 0 amide bonds. The fourth-order valence-electron chi connectivity index (χ4n) is 1.58. The van der Waals surface area contributed by atoms with Crippen molar-refractivity contribution in [2.75, 3.05) is 6.54 Å². The second kappa shape index (κ2) is 5.63. The highest BCUT2D eigenvalue weighted by molar-refractivity contribution is 5.26. The standard InChI is InChI=1S/C15H24FN/c1-11(2)15(4,5)10-17-9-13-6-7-14(16)8-12(13)3/h6-8,11,17H,9-10H2,1-5H3. The summed E-state index contributed by atoms with van der Waals surface area (Å²) in [6.07, 6.45) is 0. The highest BCUT2D eigenvalue weighted by Crippen LogP contribution is 2.24. The lowest BCUT2D eigenvalue weighted by atomic mass is 9.81. The Hall–Kier alpha value is -0.890. The number of rotatable bonds is 5. The van der Waals surface area contributed by atoms with Crippen LogP contribution in [0.4, 0.5) is 4.39 Å². The van der Waals surface area contributed by atoms with E-state index in [-0.39, 0.29) is 11.2 Å². The Bertz CT molecular complexity index is 369. The van der Waals surface area contributed by atoms with Crippen LogP contribution < -0.4 is 5.32 Å². The lowest BCUT2D eigenvalue weighted by Gasteiger charge is -2.29. The molecule has 1 aromatic rings. The average Bonchev–Trinajstić information content (AvgIpc) is 2.21. The van der Waals surface area contributed by atoms with Crippen LogP contribution in [0.5, 0.6) is 0 Å².